The van der Waals surface area contributed by atoms with E-state index in [0.717, 1.165) is 11.6 Å². The van der Waals surface area contributed by atoms with Crippen LogP contribution in [-0.4, -0.2) is 10.8 Å². The van der Waals surface area contributed by atoms with Crippen molar-refractivity contribution in [3.05, 3.63) is 156 Å². The molecule has 5 aromatic carbocycles. The highest BCUT2D eigenvalue weighted by Crippen LogP contribution is 2.58. The average Bonchev–Trinajstić information content (AvgIpc) is 2.97. The minimum absolute atomic E-state index is 0.0677. The molecule has 0 aliphatic rings. The smallest absolute Gasteiger partial charge is 0.258 e. The van der Waals surface area contributed by atoms with Gasteiger partial charge in [0.05, 0.1) is 10.6 Å². The van der Waals surface area contributed by atoms with Crippen LogP contribution >= 0.6 is 15.0 Å². The summed E-state index contributed by atoms with van der Waals surface area (Å²) in [7, 11) is -3.12. The van der Waals surface area contributed by atoms with E-state index in [9.17, 15) is 10.1 Å². The molecule has 0 aromatic heterocycles. The van der Waals surface area contributed by atoms with Gasteiger partial charge in [-0.2, -0.15) is 0 Å². The first-order valence-corrected chi connectivity index (χ1v) is 15.5. The topological polar surface area (TPSA) is 55.5 Å². The predicted octanol–water partition coefficient (Wildman–Crippen LogP) is 7.17. The van der Waals surface area contributed by atoms with Crippen molar-refractivity contribution < 1.29 is 4.92 Å². The van der Waals surface area contributed by atoms with Gasteiger partial charge in [-0.1, -0.05) is 121 Å². The molecule has 0 amide bonds. The Morgan fingerprint density at radius 3 is 1.41 bits per heavy atom. The van der Waals surface area contributed by atoms with E-state index in [1.807, 2.05) is 12.1 Å². The molecule has 0 spiro atoms. The van der Waals surface area contributed by atoms with Crippen LogP contribution in [0.1, 0.15) is 0 Å². The van der Waals surface area contributed by atoms with Crippen LogP contribution in [0.2, 0.25) is 0 Å². The lowest BCUT2D eigenvalue weighted by atomic mass is 10.3. The van der Waals surface area contributed by atoms with Crippen LogP contribution in [0.4, 0.5) is 11.4 Å². The molecule has 0 unspecified atom stereocenters. The first kappa shape index (κ1) is 24.8. The third kappa shape index (κ3) is 5.62. The number of rotatable bonds is 8. The normalized spacial score (nSPS) is 11.3. The van der Waals surface area contributed by atoms with Crippen LogP contribution in [-0.2, 0) is 0 Å². The lowest BCUT2D eigenvalue weighted by Gasteiger charge is -2.31. The molecule has 0 fully saturated rings. The highest BCUT2D eigenvalue weighted by atomic mass is 31.2. The minimum Gasteiger partial charge on any atom is -0.258 e. The highest BCUT2D eigenvalue weighted by Gasteiger charge is 2.30. The molecule has 6 heteroatoms. The van der Waals surface area contributed by atoms with Gasteiger partial charge >= 0.3 is 0 Å². The molecule has 0 heterocycles. The molecule has 37 heavy (non-hydrogen) atoms. The second kappa shape index (κ2) is 11.5. The first-order chi connectivity index (χ1) is 18.2. The van der Waals surface area contributed by atoms with E-state index in [1.54, 1.807) is 24.3 Å². The summed E-state index contributed by atoms with van der Waals surface area (Å²) in [6, 6.07) is 49.1. The summed E-state index contributed by atoms with van der Waals surface area (Å²) in [4.78, 5) is 10.9. The fourth-order valence-corrected chi connectivity index (χ4v) is 12.6. The molecule has 0 N–H and O–H groups in total. The average molecular weight is 521 g/mol. The summed E-state index contributed by atoms with van der Waals surface area (Å²) in [6.07, 6.45) is 0. The molecule has 0 bridgehead atoms. The molecule has 4 nitrogen and oxygen atoms in total. The quantitative estimate of drug-likeness (QED) is 0.124. The van der Waals surface area contributed by atoms with Crippen molar-refractivity contribution in [2.75, 3.05) is 5.90 Å². The van der Waals surface area contributed by atoms with Crippen molar-refractivity contribution in [1.82, 2.24) is 0 Å². The van der Waals surface area contributed by atoms with Gasteiger partial charge in [0.1, 0.15) is 0 Å². The van der Waals surface area contributed by atoms with Crippen LogP contribution in [0.25, 0.3) is 0 Å². The molecular formula is C31H26N2O2P2. The number of benzene rings is 5. The van der Waals surface area contributed by atoms with E-state index in [2.05, 4.69) is 109 Å². The highest BCUT2D eigenvalue weighted by molar-refractivity contribution is 7.92. The Morgan fingerprint density at radius 2 is 1.00 bits per heavy atom. The molecule has 0 aliphatic heterocycles. The van der Waals surface area contributed by atoms with Gasteiger partial charge in [-0.05, 0) is 41.3 Å². The summed E-state index contributed by atoms with van der Waals surface area (Å²) in [5.41, 5.74) is 0.820. The molecule has 0 atom stereocenters. The van der Waals surface area contributed by atoms with Gasteiger partial charge in [0, 0.05) is 25.1 Å². The van der Waals surface area contributed by atoms with Gasteiger partial charge in [0.2, 0.25) is 0 Å². The Kier molecular flexibility index (Phi) is 7.70. The van der Waals surface area contributed by atoms with E-state index in [-0.39, 0.29) is 10.6 Å². The number of hydrogen-bond acceptors (Lipinski definition) is 3. The van der Waals surface area contributed by atoms with E-state index in [1.165, 1.54) is 21.2 Å². The van der Waals surface area contributed by atoms with Crippen LogP contribution in [0.3, 0.4) is 0 Å². The molecule has 0 aliphatic carbocycles. The van der Waals surface area contributed by atoms with Gasteiger partial charge in [0.15, 0.2) is 0 Å². The SMILES string of the molecule is O=[N+]([O-])c1ccc(N=P(CP(c2ccccc2)c2ccccc2)(c2ccccc2)c2ccccc2)cc1. The number of nitro groups is 1. The fourth-order valence-electron chi connectivity index (χ4n) is 4.38. The molecule has 0 radical (unpaired) electrons. The van der Waals surface area contributed by atoms with Crippen molar-refractivity contribution in [3.63, 3.8) is 0 Å². The Bertz CT molecular complexity index is 1430. The molecule has 182 valence electrons. The second-order valence-electron chi connectivity index (χ2n) is 8.55. The van der Waals surface area contributed by atoms with Gasteiger partial charge < -0.3 is 0 Å². The van der Waals surface area contributed by atoms with Crippen LogP contribution in [0, 0.1) is 10.1 Å². The molecule has 5 aromatic rings. The van der Waals surface area contributed by atoms with Crippen molar-refractivity contribution in [3.8, 4) is 0 Å². The zero-order chi connectivity index (χ0) is 25.5. The molecule has 0 saturated carbocycles. The van der Waals surface area contributed by atoms with Crippen molar-refractivity contribution in [2.45, 2.75) is 0 Å². The maximum absolute atomic E-state index is 11.3. The number of nitro benzene ring substituents is 1. The standard InChI is InChI=1S/C31H26N2O2P2/c34-33(35)27-23-21-26(22-24-27)32-37(30-17-9-3-10-18-30,31-19-11-4-12-20-31)25-36(28-13-5-1-6-14-28)29-15-7-2-8-16-29/h1-24H,25H2. The Morgan fingerprint density at radius 1 is 0.595 bits per heavy atom. The number of non-ortho nitro benzene ring substituents is 1. The van der Waals surface area contributed by atoms with Crippen molar-refractivity contribution >= 4 is 47.6 Å². The maximum Gasteiger partial charge on any atom is 0.269 e. The first-order valence-electron chi connectivity index (χ1n) is 12.0. The molecular weight excluding hydrogens is 494 g/mol. The van der Waals surface area contributed by atoms with Gasteiger partial charge in [-0.25, -0.2) is 0 Å². The Balaban J connectivity index is 1.78. The van der Waals surface area contributed by atoms with Crippen molar-refractivity contribution in [1.29, 1.82) is 0 Å². The summed E-state index contributed by atoms with van der Waals surface area (Å²) in [5.74, 6) is 0.849. The lowest BCUT2D eigenvalue weighted by molar-refractivity contribution is -0.384. The minimum atomic E-state index is -2.36. The van der Waals surface area contributed by atoms with Crippen LogP contribution in [0.5, 0.6) is 0 Å². The Labute approximate surface area is 218 Å². The monoisotopic (exact) mass is 520 g/mol. The summed E-state index contributed by atoms with van der Waals surface area (Å²) in [6.45, 7) is 0. The molecule has 0 saturated heterocycles. The Hall–Kier alpha value is -3.84. The van der Waals surface area contributed by atoms with Gasteiger partial charge in [-0.15, -0.1) is 0 Å². The number of hydrogen-bond donors (Lipinski definition) is 0. The second-order valence-corrected chi connectivity index (χ2v) is 14.3. The van der Waals surface area contributed by atoms with E-state index < -0.39 is 15.0 Å². The molecule has 5 rings (SSSR count). The number of nitrogens with zero attached hydrogens (tertiary/aromatic N) is 2. The third-order valence-electron chi connectivity index (χ3n) is 6.20. The van der Waals surface area contributed by atoms with Gasteiger partial charge in [0.25, 0.3) is 5.69 Å². The summed E-state index contributed by atoms with van der Waals surface area (Å²) in [5, 5.41) is 16.3. The zero-order valence-corrected chi connectivity index (χ0v) is 22.0. The van der Waals surface area contributed by atoms with Gasteiger partial charge in [-0.3, -0.25) is 14.9 Å². The lowest BCUT2D eigenvalue weighted by Crippen LogP contribution is -2.23. The fraction of sp³-hybridized carbons (Fsp3) is 0.0323. The third-order valence-corrected chi connectivity index (χ3v) is 13.7. The van der Waals surface area contributed by atoms with Crippen molar-refractivity contribution in [2.24, 2.45) is 4.74 Å². The van der Waals surface area contributed by atoms with E-state index in [0.29, 0.717) is 0 Å². The van der Waals surface area contributed by atoms with E-state index >= 15 is 0 Å². The largest absolute Gasteiger partial charge is 0.269 e. The van der Waals surface area contributed by atoms with Crippen LogP contribution in [0.15, 0.2) is 150 Å². The van der Waals surface area contributed by atoms with E-state index in [4.69, 9.17) is 4.74 Å². The summed E-state index contributed by atoms with van der Waals surface area (Å²) >= 11 is 0. The predicted molar refractivity (Wildman–Crippen MR) is 158 cm³/mol. The maximum atomic E-state index is 11.3. The zero-order valence-electron chi connectivity index (χ0n) is 20.2. The summed E-state index contributed by atoms with van der Waals surface area (Å²) < 4.78 is 5.53. The van der Waals surface area contributed by atoms with Crippen LogP contribution < -0.4 is 21.2 Å².